The molecule has 0 radical (unpaired) electrons. The third kappa shape index (κ3) is 6.13. The molecule has 0 bridgehead atoms. The van der Waals surface area contributed by atoms with Crippen LogP contribution in [0.2, 0.25) is 0 Å². The highest BCUT2D eigenvalue weighted by Crippen LogP contribution is 2.40. The van der Waals surface area contributed by atoms with E-state index in [1.807, 2.05) is 59.8 Å². The summed E-state index contributed by atoms with van der Waals surface area (Å²) in [7, 11) is 1.61. The molecule has 0 fully saturated rings. The normalized spacial score (nSPS) is 10.2. The number of allylic oxidation sites excluding steroid dienone is 3. The predicted molar refractivity (Wildman–Crippen MR) is 146 cm³/mol. The molecular formula is C29H36N4O2. The van der Waals surface area contributed by atoms with Crippen LogP contribution in [0.3, 0.4) is 0 Å². The quantitative estimate of drug-likeness (QED) is 0.346. The Morgan fingerprint density at radius 2 is 1.91 bits per heavy atom. The zero-order valence-electron chi connectivity index (χ0n) is 22.1. The molecule has 2 heterocycles. The molecule has 0 saturated heterocycles. The molecule has 0 aliphatic carbocycles. The van der Waals surface area contributed by atoms with Crippen LogP contribution in [0.5, 0.6) is 5.75 Å². The number of nitriles is 1. The van der Waals surface area contributed by atoms with Crippen molar-refractivity contribution in [3.8, 4) is 11.8 Å². The summed E-state index contributed by atoms with van der Waals surface area (Å²) in [6.07, 6.45) is 8.75. The Morgan fingerprint density at radius 3 is 2.46 bits per heavy atom. The van der Waals surface area contributed by atoms with Gasteiger partial charge in [0.25, 0.3) is 0 Å². The fourth-order valence-corrected chi connectivity index (χ4v) is 3.59. The van der Waals surface area contributed by atoms with Gasteiger partial charge in [-0.2, -0.15) is 5.26 Å². The maximum absolute atomic E-state index is 13.2. The van der Waals surface area contributed by atoms with Gasteiger partial charge in [-0.05, 0) is 37.1 Å². The van der Waals surface area contributed by atoms with Crippen molar-refractivity contribution in [1.82, 2.24) is 9.97 Å². The van der Waals surface area contributed by atoms with E-state index in [0.717, 1.165) is 22.1 Å². The minimum absolute atomic E-state index is 0.134. The Labute approximate surface area is 209 Å². The maximum atomic E-state index is 13.2. The standard InChI is InChI=1S/C25H24N4O2.2C2H6/c1-6-17(7-2)19-11-20-21(12-23(19)31-5)28-14-16(4)25(20)29(24(30)8-3)22-9-10-27-15-18(22)13-26;2*1-2/h6-7,9-12,14-15H,1,8H2,2-5H3;2*1-2H3/b17-7+;;. The zero-order chi connectivity index (χ0) is 26.5. The minimum Gasteiger partial charge on any atom is -0.496 e. The average molecular weight is 473 g/mol. The third-order valence-corrected chi connectivity index (χ3v) is 5.12. The van der Waals surface area contributed by atoms with Crippen molar-refractivity contribution >= 4 is 33.8 Å². The molecule has 3 aromatic rings. The van der Waals surface area contributed by atoms with E-state index in [0.29, 0.717) is 28.2 Å². The van der Waals surface area contributed by atoms with E-state index in [2.05, 4.69) is 22.6 Å². The minimum atomic E-state index is -0.134. The first kappa shape index (κ1) is 29.1. The van der Waals surface area contributed by atoms with Gasteiger partial charge in [-0.25, -0.2) is 0 Å². The molecule has 0 unspecified atom stereocenters. The average Bonchev–Trinajstić information content (AvgIpc) is 2.92. The molecule has 0 aliphatic rings. The van der Waals surface area contributed by atoms with Crippen molar-refractivity contribution in [2.75, 3.05) is 12.0 Å². The predicted octanol–water partition coefficient (Wildman–Crippen LogP) is 7.53. The Morgan fingerprint density at radius 1 is 1.23 bits per heavy atom. The Bertz CT molecular complexity index is 1240. The lowest BCUT2D eigenvalue weighted by molar-refractivity contribution is -0.117. The van der Waals surface area contributed by atoms with Crippen LogP contribution in [0.15, 0.2) is 55.5 Å². The molecule has 3 rings (SSSR count). The highest BCUT2D eigenvalue weighted by atomic mass is 16.5. The number of carbonyl (C=O) groups excluding carboxylic acids is 1. The maximum Gasteiger partial charge on any atom is 0.231 e. The summed E-state index contributed by atoms with van der Waals surface area (Å²) in [5, 5.41) is 10.4. The van der Waals surface area contributed by atoms with Gasteiger partial charge in [-0.15, -0.1) is 0 Å². The van der Waals surface area contributed by atoms with Crippen LogP contribution >= 0.6 is 0 Å². The van der Waals surface area contributed by atoms with E-state index < -0.39 is 0 Å². The second kappa shape index (κ2) is 14.3. The number of hydrogen-bond acceptors (Lipinski definition) is 5. The summed E-state index contributed by atoms with van der Waals surface area (Å²) in [4.78, 5) is 23.4. The highest BCUT2D eigenvalue weighted by molar-refractivity contribution is 6.10. The number of methoxy groups -OCH3 is 1. The molecular weight excluding hydrogens is 436 g/mol. The lowest BCUT2D eigenvalue weighted by atomic mass is 9.99. The molecule has 1 amide bonds. The lowest BCUT2D eigenvalue weighted by Gasteiger charge is -2.27. The van der Waals surface area contributed by atoms with Gasteiger partial charge in [0.1, 0.15) is 11.8 Å². The van der Waals surface area contributed by atoms with Gasteiger partial charge in [0, 0.05) is 42.0 Å². The monoisotopic (exact) mass is 472 g/mol. The SMILES string of the molecule is C=C/C(=C\C)c1cc2c(N(C(=O)CC)c3ccncc3C#N)c(C)cnc2cc1OC.CC.CC. The number of nitrogens with zero attached hydrogens (tertiary/aromatic N) is 4. The zero-order valence-corrected chi connectivity index (χ0v) is 22.1. The number of anilines is 2. The third-order valence-electron chi connectivity index (χ3n) is 5.12. The van der Waals surface area contributed by atoms with Crippen molar-refractivity contribution in [3.63, 3.8) is 0 Å². The largest absolute Gasteiger partial charge is 0.496 e. The molecule has 0 aliphatic heterocycles. The van der Waals surface area contributed by atoms with Crippen molar-refractivity contribution in [3.05, 3.63) is 72.2 Å². The summed E-state index contributed by atoms with van der Waals surface area (Å²) in [6, 6.07) is 7.64. The summed E-state index contributed by atoms with van der Waals surface area (Å²) in [5.41, 5.74) is 4.74. The first-order valence-electron chi connectivity index (χ1n) is 11.9. The second-order valence-corrected chi connectivity index (χ2v) is 6.89. The summed E-state index contributed by atoms with van der Waals surface area (Å²) < 4.78 is 5.60. The Balaban J connectivity index is 0.00000145. The van der Waals surface area contributed by atoms with Gasteiger partial charge >= 0.3 is 0 Å². The van der Waals surface area contributed by atoms with Crippen LogP contribution < -0.4 is 9.64 Å². The second-order valence-electron chi connectivity index (χ2n) is 6.89. The molecule has 2 aromatic heterocycles. The number of aryl methyl sites for hydroxylation is 1. The van der Waals surface area contributed by atoms with Crippen LogP contribution in [-0.4, -0.2) is 23.0 Å². The molecule has 0 N–H and O–H groups in total. The van der Waals surface area contributed by atoms with Crippen LogP contribution in [0.4, 0.5) is 11.4 Å². The summed E-state index contributed by atoms with van der Waals surface area (Å²) in [5.74, 6) is 0.531. The molecule has 35 heavy (non-hydrogen) atoms. The van der Waals surface area contributed by atoms with Crippen LogP contribution in [0.25, 0.3) is 16.5 Å². The van der Waals surface area contributed by atoms with E-state index in [1.54, 1.807) is 43.5 Å². The van der Waals surface area contributed by atoms with Crippen LogP contribution in [0.1, 0.15) is 64.7 Å². The summed E-state index contributed by atoms with van der Waals surface area (Å²) in [6.45, 7) is 17.5. The number of carbonyl (C=O) groups is 1. The van der Waals surface area contributed by atoms with Gasteiger partial charge in [0.2, 0.25) is 5.91 Å². The van der Waals surface area contributed by atoms with Crippen LogP contribution in [0, 0.1) is 18.3 Å². The van der Waals surface area contributed by atoms with Crippen molar-refractivity contribution in [2.24, 2.45) is 0 Å². The fourth-order valence-electron chi connectivity index (χ4n) is 3.59. The molecule has 6 nitrogen and oxygen atoms in total. The number of pyridine rings is 2. The Kier molecular flexibility index (Phi) is 11.9. The molecule has 184 valence electrons. The smallest absolute Gasteiger partial charge is 0.231 e. The first-order chi connectivity index (χ1) is 17.0. The van der Waals surface area contributed by atoms with E-state index >= 15 is 0 Å². The number of amides is 1. The number of benzene rings is 1. The number of ether oxygens (including phenoxy) is 1. The van der Waals surface area contributed by atoms with Crippen molar-refractivity contribution in [1.29, 1.82) is 5.26 Å². The van der Waals surface area contributed by atoms with E-state index in [4.69, 9.17) is 4.74 Å². The van der Waals surface area contributed by atoms with E-state index in [1.165, 1.54) is 6.20 Å². The van der Waals surface area contributed by atoms with E-state index in [-0.39, 0.29) is 12.3 Å². The number of hydrogen-bond donors (Lipinski definition) is 0. The lowest BCUT2D eigenvalue weighted by Crippen LogP contribution is -2.27. The fraction of sp³-hybridized carbons (Fsp3) is 0.310. The van der Waals surface area contributed by atoms with Crippen molar-refractivity contribution < 1.29 is 9.53 Å². The van der Waals surface area contributed by atoms with Crippen molar-refractivity contribution in [2.45, 2.75) is 54.9 Å². The van der Waals surface area contributed by atoms with Gasteiger partial charge in [-0.3, -0.25) is 19.7 Å². The van der Waals surface area contributed by atoms with Gasteiger partial charge < -0.3 is 4.74 Å². The molecule has 0 saturated carbocycles. The van der Waals surface area contributed by atoms with Gasteiger partial charge in [0.15, 0.2) is 0 Å². The topological polar surface area (TPSA) is 79.1 Å². The van der Waals surface area contributed by atoms with E-state index in [9.17, 15) is 10.1 Å². The van der Waals surface area contributed by atoms with Gasteiger partial charge in [-0.1, -0.05) is 53.3 Å². The highest BCUT2D eigenvalue weighted by Gasteiger charge is 2.25. The molecule has 1 aromatic carbocycles. The Hall–Kier alpha value is -3.98. The number of aromatic nitrogens is 2. The number of fused-ring (bicyclic) bond motifs is 1. The first-order valence-corrected chi connectivity index (χ1v) is 11.9. The summed E-state index contributed by atoms with van der Waals surface area (Å²) >= 11 is 0. The molecule has 6 heteroatoms. The van der Waals surface area contributed by atoms with Gasteiger partial charge in [0.05, 0.1) is 29.6 Å². The number of rotatable bonds is 6. The molecule has 0 spiro atoms. The van der Waals surface area contributed by atoms with Crippen LogP contribution in [-0.2, 0) is 4.79 Å². The molecule has 0 atom stereocenters.